The van der Waals surface area contributed by atoms with Gasteiger partial charge in [0.05, 0.1) is 0 Å². The lowest BCUT2D eigenvalue weighted by molar-refractivity contribution is -0.122. The molecule has 3 nitrogen and oxygen atoms in total. The van der Waals surface area contributed by atoms with Crippen molar-refractivity contribution in [3.8, 4) is 0 Å². The molecule has 0 aliphatic carbocycles. The Morgan fingerprint density at radius 2 is 1.85 bits per heavy atom. The second-order valence-electron chi connectivity index (χ2n) is 2.27. The maximum Gasteiger partial charge on any atom is 0.290 e. The number of hydrogen-bond donors (Lipinski definition) is 2. The largest absolute Gasteiger partial charge is 0.483 e. The first-order chi connectivity index (χ1) is 6.24. The molecule has 1 aromatic rings. The number of halogens is 1. The number of nitrogens with two attached hydrogens (primary N) is 1. The maximum atomic E-state index is 8.36. The number of rotatable bonds is 2. The second-order valence-corrected chi connectivity index (χ2v) is 2.71. The summed E-state index contributed by atoms with van der Waals surface area (Å²) >= 11 is 5.68. The summed E-state index contributed by atoms with van der Waals surface area (Å²) in [6.45, 7) is 0.446. The van der Waals surface area contributed by atoms with Gasteiger partial charge in [-0.05, 0) is 30.7 Å². The molecule has 0 unspecified atom stereocenters. The quantitative estimate of drug-likeness (QED) is 0.714. The molecule has 0 heterocycles. The Balaban J connectivity index is 0.000000424. The van der Waals surface area contributed by atoms with E-state index in [0.29, 0.717) is 6.54 Å². The lowest BCUT2D eigenvalue weighted by atomic mass is 10.2. The molecule has 3 N–H and O–H groups in total. The van der Waals surface area contributed by atoms with Gasteiger partial charge < -0.3 is 10.8 Å². The first kappa shape index (κ1) is 11.9. The summed E-state index contributed by atoms with van der Waals surface area (Å²) in [5, 5.41) is 7.67. The van der Waals surface area contributed by atoms with Crippen molar-refractivity contribution in [3.63, 3.8) is 0 Å². The van der Waals surface area contributed by atoms with E-state index in [9.17, 15) is 0 Å². The van der Waals surface area contributed by atoms with Crippen molar-refractivity contribution in [3.05, 3.63) is 34.9 Å². The SMILES string of the molecule is NCCc1ccc(Cl)cc1.O=CO. The summed E-state index contributed by atoms with van der Waals surface area (Å²) in [5.74, 6) is 0. The van der Waals surface area contributed by atoms with Crippen LogP contribution in [0.5, 0.6) is 0 Å². The molecule has 4 heteroatoms. The van der Waals surface area contributed by atoms with Crippen molar-refractivity contribution in [2.24, 2.45) is 5.73 Å². The third-order valence-electron chi connectivity index (χ3n) is 1.35. The van der Waals surface area contributed by atoms with Crippen LogP contribution in [0, 0.1) is 0 Å². The maximum absolute atomic E-state index is 8.36. The van der Waals surface area contributed by atoms with E-state index in [1.165, 1.54) is 5.56 Å². The number of benzene rings is 1. The second kappa shape index (κ2) is 7.58. The minimum atomic E-state index is -0.250. The molecule has 0 radical (unpaired) electrons. The minimum absolute atomic E-state index is 0.250. The normalized spacial score (nSPS) is 8.46. The predicted octanol–water partition coefficient (Wildman–Crippen LogP) is 1.54. The van der Waals surface area contributed by atoms with Crippen LogP contribution in [0.4, 0.5) is 0 Å². The molecule has 1 aromatic carbocycles. The Labute approximate surface area is 82.1 Å². The van der Waals surface area contributed by atoms with Gasteiger partial charge in [0.25, 0.3) is 6.47 Å². The van der Waals surface area contributed by atoms with Gasteiger partial charge in [-0.25, -0.2) is 0 Å². The zero-order valence-corrected chi connectivity index (χ0v) is 7.87. The average molecular weight is 202 g/mol. The van der Waals surface area contributed by atoms with Crippen LogP contribution in [0.1, 0.15) is 5.56 Å². The van der Waals surface area contributed by atoms with Gasteiger partial charge in [-0.1, -0.05) is 23.7 Å². The van der Waals surface area contributed by atoms with E-state index in [0.717, 1.165) is 11.4 Å². The highest BCUT2D eigenvalue weighted by Gasteiger charge is 1.89. The van der Waals surface area contributed by atoms with Gasteiger partial charge in [0.15, 0.2) is 0 Å². The van der Waals surface area contributed by atoms with E-state index in [4.69, 9.17) is 27.2 Å². The van der Waals surface area contributed by atoms with Crippen molar-refractivity contribution < 1.29 is 9.90 Å². The average Bonchev–Trinajstić information content (AvgIpc) is 2.11. The van der Waals surface area contributed by atoms with Gasteiger partial charge in [0.1, 0.15) is 0 Å². The van der Waals surface area contributed by atoms with Crippen LogP contribution in [0.25, 0.3) is 0 Å². The van der Waals surface area contributed by atoms with Crippen molar-refractivity contribution in [2.75, 3.05) is 6.54 Å². The molecular weight excluding hydrogens is 190 g/mol. The van der Waals surface area contributed by atoms with Crippen molar-refractivity contribution in [1.82, 2.24) is 0 Å². The third kappa shape index (κ3) is 6.13. The molecule has 72 valence electrons. The molecule has 0 bridgehead atoms. The van der Waals surface area contributed by atoms with E-state index in [1.54, 1.807) is 0 Å². The van der Waals surface area contributed by atoms with E-state index in [-0.39, 0.29) is 6.47 Å². The molecule has 0 saturated heterocycles. The summed E-state index contributed by atoms with van der Waals surface area (Å²) in [7, 11) is 0. The van der Waals surface area contributed by atoms with Gasteiger partial charge in [-0.2, -0.15) is 0 Å². The zero-order chi connectivity index (χ0) is 10.1. The number of carbonyl (C=O) groups is 1. The van der Waals surface area contributed by atoms with Crippen LogP contribution in [0.15, 0.2) is 24.3 Å². The molecule has 0 atom stereocenters. The molecule has 0 aromatic heterocycles. The Kier molecular flexibility index (Phi) is 6.96. The molecule has 0 amide bonds. The summed E-state index contributed by atoms with van der Waals surface area (Å²) in [6.07, 6.45) is 0.928. The first-order valence-corrected chi connectivity index (χ1v) is 4.14. The number of hydrogen-bond acceptors (Lipinski definition) is 2. The lowest BCUT2D eigenvalue weighted by Gasteiger charge is -1.96. The van der Waals surface area contributed by atoms with Crippen LogP contribution in [0.2, 0.25) is 5.02 Å². The molecule has 0 aliphatic heterocycles. The summed E-state index contributed by atoms with van der Waals surface area (Å²) in [6, 6.07) is 7.75. The Morgan fingerprint density at radius 1 is 1.38 bits per heavy atom. The van der Waals surface area contributed by atoms with Gasteiger partial charge in [0, 0.05) is 5.02 Å². The third-order valence-corrected chi connectivity index (χ3v) is 1.60. The van der Waals surface area contributed by atoms with E-state index >= 15 is 0 Å². The van der Waals surface area contributed by atoms with Gasteiger partial charge in [0.2, 0.25) is 0 Å². The van der Waals surface area contributed by atoms with E-state index < -0.39 is 0 Å². The molecular formula is C9H12ClNO2. The lowest BCUT2D eigenvalue weighted by Crippen LogP contribution is -2.01. The molecule has 0 saturated carbocycles. The predicted molar refractivity (Wildman–Crippen MR) is 52.9 cm³/mol. The van der Waals surface area contributed by atoms with Crippen LogP contribution >= 0.6 is 11.6 Å². The monoisotopic (exact) mass is 201 g/mol. The fraction of sp³-hybridized carbons (Fsp3) is 0.222. The van der Waals surface area contributed by atoms with Crippen LogP contribution in [-0.2, 0) is 11.2 Å². The Morgan fingerprint density at radius 3 is 2.23 bits per heavy atom. The van der Waals surface area contributed by atoms with Crippen molar-refractivity contribution in [2.45, 2.75) is 6.42 Å². The minimum Gasteiger partial charge on any atom is -0.483 e. The Hall–Kier alpha value is -1.06. The fourth-order valence-electron chi connectivity index (χ4n) is 0.818. The molecule has 0 aliphatic rings. The van der Waals surface area contributed by atoms with Crippen molar-refractivity contribution in [1.29, 1.82) is 0 Å². The van der Waals surface area contributed by atoms with E-state index in [1.807, 2.05) is 24.3 Å². The van der Waals surface area contributed by atoms with Gasteiger partial charge >= 0.3 is 0 Å². The Bertz CT molecular complexity index is 236. The molecule has 0 spiro atoms. The van der Waals surface area contributed by atoms with E-state index in [2.05, 4.69) is 0 Å². The highest BCUT2D eigenvalue weighted by Crippen LogP contribution is 2.09. The number of carboxylic acid groups (broad SMARTS) is 1. The molecule has 1 rings (SSSR count). The zero-order valence-electron chi connectivity index (χ0n) is 7.11. The fourth-order valence-corrected chi connectivity index (χ4v) is 0.944. The van der Waals surface area contributed by atoms with Crippen LogP contribution < -0.4 is 5.73 Å². The summed E-state index contributed by atoms with van der Waals surface area (Å²) in [5.41, 5.74) is 6.61. The summed E-state index contributed by atoms with van der Waals surface area (Å²) in [4.78, 5) is 8.36. The van der Waals surface area contributed by atoms with Crippen LogP contribution in [0.3, 0.4) is 0 Å². The highest BCUT2D eigenvalue weighted by molar-refractivity contribution is 6.30. The first-order valence-electron chi connectivity index (χ1n) is 3.77. The van der Waals surface area contributed by atoms with Gasteiger partial charge in [-0.15, -0.1) is 0 Å². The van der Waals surface area contributed by atoms with Crippen molar-refractivity contribution >= 4 is 18.1 Å². The topological polar surface area (TPSA) is 63.3 Å². The standard InChI is InChI=1S/C8H10ClN.CH2O2/c9-8-3-1-7(2-4-8)5-6-10;2-1-3/h1-4H,5-6,10H2;1H,(H,2,3). The highest BCUT2D eigenvalue weighted by atomic mass is 35.5. The van der Waals surface area contributed by atoms with Gasteiger partial charge in [-0.3, -0.25) is 4.79 Å². The molecule has 0 fully saturated rings. The summed E-state index contributed by atoms with van der Waals surface area (Å²) < 4.78 is 0. The van der Waals surface area contributed by atoms with Crippen LogP contribution in [-0.4, -0.2) is 18.1 Å². The molecule has 13 heavy (non-hydrogen) atoms. The smallest absolute Gasteiger partial charge is 0.290 e.